The summed E-state index contributed by atoms with van der Waals surface area (Å²) in [7, 11) is 0. The molecule has 11 atom stereocenters. The minimum absolute atomic E-state index is 0.108. The lowest BCUT2D eigenvalue weighted by Gasteiger charge is -2.34. The van der Waals surface area contributed by atoms with Gasteiger partial charge in [0.05, 0.1) is 68.7 Å². The van der Waals surface area contributed by atoms with Gasteiger partial charge in [0.1, 0.15) is 18.3 Å². The molecule has 53 heavy (non-hydrogen) atoms. The minimum atomic E-state index is -1.62. The monoisotopic (exact) mass is 782 g/mol. The van der Waals surface area contributed by atoms with Gasteiger partial charge in [-0.05, 0) is 45.4 Å². The second-order valence-electron chi connectivity index (χ2n) is 13.3. The van der Waals surface area contributed by atoms with Crippen LogP contribution in [0, 0.1) is 5.92 Å². The van der Waals surface area contributed by atoms with Crippen LogP contribution >= 0.6 is 0 Å². The van der Waals surface area contributed by atoms with Crippen molar-refractivity contribution in [3.63, 3.8) is 0 Å². The summed E-state index contributed by atoms with van der Waals surface area (Å²) in [6, 6.07) is 0. The molecule has 20 heteroatoms. The van der Waals surface area contributed by atoms with E-state index in [0.29, 0.717) is 25.2 Å². The van der Waals surface area contributed by atoms with Crippen LogP contribution in [-0.4, -0.2) is 221 Å². The molecule has 1 amide bonds. The van der Waals surface area contributed by atoms with Gasteiger partial charge in [-0.3, -0.25) is 9.69 Å². The summed E-state index contributed by atoms with van der Waals surface area (Å²) >= 11 is 0. The lowest BCUT2D eigenvalue weighted by Crippen LogP contribution is -2.51. The van der Waals surface area contributed by atoms with Crippen molar-refractivity contribution < 1.29 is 90.6 Å². The van der Waals surface area contributed by atoms with Gasteiger partial charge in [0.25, 0.3) is 0 Å². The van der Waals surface area contributed by atoms with Crippen molar-refractivity contribution in [2.45, 2.75) is 127 Å². The third-order valence-corrected chi connectivity index (χ3v) is 7.83. The van der Waals surface area contributed by atoms with Crippen molar-refractivity contribution in [1.82, 2.24) is 10.2 Å². The zero-order valence-electron chi connectivity index (χ0n) is 31.7. The molecule has 320 valence electrons. The molecule has 0 spiro atoms. The van der Waals surface area contributed by atoms with E-state index in [4.69, 9.17) is 40.1 Å². The number of ether oxygens (including phenoxy) is 2. The minimum Gasteiger partial charge on any atom is -0.479 e. The smallest absolute Gasteiger partial charge is 0.334 e. The van der Waals surface area contributed by atoms with Gasteiger partial charge in [-0.2, -0.15) is 0 Å². The number of aliphatic hydroxyl groups excluding tert-OH is 13. The van der Waals surface area contributed by atoms with E-state index in [1.807, 2.05) is 20.8 Å². The summed E-state index contributed by atoms with van der Waals surface area (Å²) in [6.07, 6.45) is -11.1. The van der Waals surface area contributed by atoms with E-state index in [0.717, 1.165) is 0 Å². The number of nitrogens with zero attached hydrogens (tertiary/aromatic N) is 1. The summed E-state index contributed by atoms with van der Waals surface area (Å²) in [5, 5.41) is 133. The number of carbonyl (C=O) groups is 2. The van der Waals surface area contributed by atoms with Crippen molar-refractivity contribution in [1.29, 1.82) is 0 Å². The van der Waals surface area contributed by atoms with E-state index in [2.05, 4.69) is 5.32 Å². The maximum Gasteiger partial charge on any atom is 0.334 e. The first-order chi connectivity index (χ1) is 24.7. The molecule has 0 saturated carbocycles. The summed E-state index contributed by atoms with van der Waals surface area (Å²) < 4.78 is 10.7. The number of amides is 1. The highest BCUT2D eigenvalue weighted by atomic mass is 16.5. The van der Waals surface area contributed by atoms with E-state index < -0.39 is 79.2 Å². The highest BCUT2D eigenvalue weighted by molar-refractivity contribution is 5.71. The molecule has 20 nitrogen and oxygen atoms in total. The number of hydrogen-bond donors (Lipinski definition) is 15. The molecule has 0 saturated heterocycles. The Morgan fingerprint density at radius 2 is 1.26 bits per heavy atom. The van der Waals surface area contributed by atoms with Gasteiger partial charge in [-0.15, -0.1) is 0 Å². The van der Waals surface area contributed by atoms with Crippen molar-refractivity contribution in [2.24, 2.45) is 5.92 Å². The molecule has 0 bridgehead atoms. The first-order valence-corrected chi connectivity index (χ1v) is 17.6. The van der Waals surface area contributed by atoms with E-state index in [1.54, 1.807) is 6.92 Å². The van der Waals surface area contributed by atoms with Gasteiger partial charge < -0.3 is 86.3 Å². The largest absolute Gasteiger partial charge is 0.479 e. The third kappa shape index (κ3) is 28.4. The van der Waals surface area contributed by atoms with E-state index in [9.17, 15) is 50.4 Å². The van der Waals surface area contributed by atoms with E-state index in [1.165, 1.54) is 11.8 Å². The van der Waals surface area contributed by atoms with Gasteiger partial charge in [0.2, 0.25) is 6.41 Å². The van der Waals surface area contributed by atoms with Crippen molar-refractivity contribution >= 4 is 12.4 Å². The lowest BCUT2D eigenvalue weighted by molar-refractivity contribution is -0.162. The van der Waals surface area contributed by atoms with Crippen LogP contribution in [0.25, 0.3) is 0 Å². The highest BCUT2D eigenvalue weighted by Gasteiger charge is 2.34. The highest BCUT2D eigenvalue weighted by Crippen LogP contribution is 2.22. The number of carbonyl (C=O) groups excluding carboxylic acids is 1. The number of aliphatic hydroxyl groups is 13. The first kappa shape index (κ1) is 55.6. The fraction of sp³-hybridized carbons (Fsp3) is 0.939. The molecule has 0 aromatic heterocycles. The molecule has 0 aliphatic carbocycles. The summed E-state index contributed by atoms with van der Waals surface area (Å²) in [5.41, 5.74) is -0.911. The number of hydrogen-bond acceptors (Lipinski definition) is 18. The van der Waals surface area contributed by atoms with Crippen LogP contribution in [-0.2, 0) is 19.1 Å². The Morgan fingerprint density at radius 1 is 0.792 bits per heavy atom. The second-order valence-corrected chi connectivity index (χ2v) is 13.3. The average molecular weight is 783 g/mol. The SMILES string of the molecule is CC(O)CO.CCC(C)(OCC(O)CC(C)C)C(O)COCC(O)C(=O)O.O=CNCCN(CC(O)C(O)C(O)CCO)CC(O)C(O)C(O)CCO. The van der Waals surface area contributed by atoms with Crippen LogP contribution in [0.1, 0.15) is 60.3 Å². The van der Waals surface area contributed by atoms with Gasteiger partial charge >= 0.3 is 5.97 Å². The van der Waals surface area contributed by atoms with Crippen LogP contribution in [0.15, 0.2) is 0 Å². The van der Waals surface area contributed by atoms with Gasteiger partial charge in [-0.1, -0.05) is 20.8 Å². The van der Waals surface area contributed by atoms with Gasteiger partial charge in [0, 0.05) is 39.4 Å². The van der Waals surface area contributed by atoms with Crippen LogP contribution in [0.3, 0.4) is 0 Å². The molecular weight excluding hydrogens is 712 g/mol. The maximum atomic E-state index is 10.4. The first-order valence-electron chi connectivity index (χ1n) is 17.6. The van der Waals surface area contributed by atoms with E-state index >= 15 is 0 Å². The quantitative estimate of drug-likeness (QED) is 0.0249. The molecule has 0 heterocycles. The fourth-order valence-corrected chi connectivity index (χ4v) is 4.27. The fourth-order valence-electron chi connectivity index (χ4n) is 4.27. The summed E-state index contributed by atoms with van der Waals surface area (Å²) in [4.78, 5) is 22.2. The Labute approximate surface area is 311 Å². The molecule has 0 fully saturated rings. The Balaban J connectivity index is -0.000000843. The van der Waals surface area contributed by atoms with Crippen molar-refractivity contribution in [3.8, 4) is 0 Å². The zero-order chi connectivity index (χ0) is 41.7. The molecule has 0 rings (SSSR count). The normalized spacial score (nSPS) is 18.4. The predicted octanol–water partition coefficient (Wildman–Crippen LogP) is -5.27. The standard InChI is InChI=1S/C15H32N2O9.C15H30O7.C3H8O2/c18-5-1-10(21)14(25)12(23)7-17(4-3-16-9-20)8-13(24)15(26)11(22)2-6-19;1-5-15(4,22-7-11(16)6-10(2)3)13(18)9-21-8-12(17)14(19)20;1-3(5)2-4/h9-15,18-19,21-26H,1-8H2,(H,16,20);10-13,16-18H,5-9H2,1-4H3,(H,19,20);3-5H,2H2,1H3. The van der Waals surface area contributed by atoms with Crippen LogP contribution in [0.4, 0.5) is 0 Å². The molecule has 0 aromatic carbocycles. The van der Waals surface area contributed by atoms with Gasteiger partial charge in [-0.25, -0.2) is 4.79 Å². The molecule has 0 aliphatic heterocycles. The Morgan fingerprint density at radius 3 is 1.62 bits per heavy atom. The number of carboxylic acid groups (broad SMARTS) is 1. The van der Waals surface area contributed by atoms with E-state index in [-0.39, 0.29) is 72.1 Å². The second kappa shape index (κ2) is 32.5. The molecule has 0 aliphatic rings. The number of aliphatic carboxylic acids is 1. The average Bonchev–Trinajstić information content (AvgIpc) is 3.09. The summed E-state index contributed by atoms with van der Waals surface area (Å²) in [5.74, 6) is -1.03. The number of carboxylic acids is 1. The Kier molecular flexibility index (Phi) is 34.2. The Hall–Kier alpha value is -1.70. The summed E-state index contributed by atoms with van der Waals surface area (Å²) in [6.45, 7) is 7.64. The van der Waals surface area contributed by atoms with Crippen LogP contribution in [0.2, 0.25) is 0 Å². The molecule has 11 unspecified atom stereocenters. The molecule has 0 radical (unpaired) electrons. The molecule has 0 aromatic rings. The van der Waals surface area contributed by atoms with Crippen molar-refractivity contribution in [3.05, 3.63) is 0 Å². The number of rotatable bonds is 29. The third-order valence-electron chi connectivity index (χ3n) is 7.83. The number of nitrogens with one attached hydrogen (secondary N) is 1. The van der Waals surface area contributed by atoms with Gasteiger partial charge in [0.15, 0.2) is 6.10 Å². The predicted molar refractivity (Wildman–Crippen MR) is 189 cm³/mol. The van der Waals surface area contributed by atoms with Crippen LogP contribution < -0.4 is 5.32 Å². The lowest BCUT2D eigenvalue weighted by atomic mass is 9.96. The zero-order valence-corrected chi connectivity index (χ0v) is 31.7. The topological polar surface area (TPSA) is 351 Å². The van der Waals surface area contributed by atoms with Crippen LogP contribution in [0.5, 0.6) is 0 Å². The Bertz CT molecular complexity index is 852. The molecular formula is C33H70N2O18. The van der Waals surface area contributed by atoms with Crippen molar-refractivity contribution in [2.75, 3.05) is 65.8 Å². The maximum absolute atomic E-state index is 10.4. The molecule has 15 N–H and O–H groups in total.